The molecule has 0 aliphatic rings. The molecule has 0 amide bonds. The summed E-state index contributed by atoms with van der Waals surface area (Å²) in [5.41, 5.74) is 3.17. The third-order valence-electron chi connectivity index (χ3n) is 1.93. The van der Waals surface area contributed by atoms with Gasteiger partial charge < -0.3 is 9.47 Å². The van der Waals surface area contributed by atoms with Crippen molar-refractivity contribution in [2.45, 2.75) is 20.0 Å². The van der Waals surface area contributed by atoms with Crippen LogP contribution >= 0.6 is 23.2 Å². The van der Waals surface area contributed by atoms with Crippen molar-refractivity contribution >= 4 is 40.0 Å². The van der Waals surface area contributed by atoms with Gasteiger partial charge in [-0.05, 0) is 32.0 Å². The minimum Gasteiger partial charge on any atom is -0.489 e. The van der Waals surface area contributed by atoms with Gasteiger partial charge in [0.1, 0.15) is 5.75 Å². The van der Waals surface area contributed by atoms with E-state index in [2.05, 4.69) is 15.3 Å². The molecule has 104 valence electrons. The molecule has 0 atom stereocenters. The Morgan fingerprint density at radius 1 is 1.42 bits per heavy atom. The van der Waals surface area contributed by atoms with E-state index in [-0.39, 0.29) is 11.3 Å². The van der Waals surface area contributed by atoms with E-state index in [1.807, 2.05) is 13.8 Å². The number of ether oxygens (including phenoxy) is 2. The Morgan fingerprint density at radius 3 is 2.63 bits per heavy atom. The molecule has 7 heteroatoms. The Morgan fingerprint density at radius 2 is 2.11 bits per heavy atom. The van der Waals surface area contributed by atoms with Crippen LogP contribution < -0.4 is 10.2 Å². The molecule has 0 aliphatic carbocycles. The fourth-order valence-corrected chi connectivity index (χ4v) is 1.51. The van der Waals surface area contributed by atoms with Gasteiger partial charge in [-0.1, -0.05) is 23.2 Å². The van der Waals surface area contributed by atoms with Crippen LogP contribution in [0.15, 0.2) is 23.3 Å². The lowest BCUT2D eigenvalue weighted by atomic mass is 10.3. The number of nitrogens with one attached hydrogen (secondary N) is 1. The smallest absolute Gasteiger partial charge is 0.370 e. The van der Waals surface area contributed by atoms with Gasteiger partial charge in [0.2, 0.25) is 5.17 Å². The van der Waals surface area contributed by atoms with Crippen LogP contribution in [0.1, 0.15) is 13.8 Å². The lowest BCUT2D eigenvalue weighted by Crippen LogP contribution is -2.11. The standard InChI is InChI=1S/C12H14Cl2N2O3/c1-7(2)19-10-5-4-8(6-9(10)13)15-16-11(14)12(17)18-3/h4-7,15H,1-3H3. The van der Waals surface area contributed by atoms with Gasteiger partial charge >= 0.3 is 5.97 Å². The molecule has 0 fully saturated rings. The average molecular weight is 305 g/mol. The van der Waals surface area contributed by atoms with Gasteiger partial charge in [0.25, 0.3) is 0 Å². The zero-order valence-corrected chi connectivity index (χ0v) is 12.2. The van der Waals surface area contributed by atoms with Gasteiger partial charge in [0, 0.05) is 0 Å². The molecule has 0 radical (unpaired) electrons. The number of hydrazone groups is 1. The maximum absolute atomic E-state index is 11.0. The molecule has 0 aromatic heterocycles. The van der Waals surface area contributed by atoms with Gasteiger partial charge in [-0.15, -0.1) is 0 Å². The van der Waals surface area contributed by atoms with Crippen LogP contribution in [0.2, 0.25) is 5.02 Å². The molecule has 0 unspecified atom stereocenters. The van der Waals surface area contributed by atoms with E-state index < -0.39 is 5.97 Å². The number of rotatable bonds is 5. The number of nitrogens with zero attached hydrogens (tertiary/aromatic N) is 1. The monoisotopic (exact) mass is 304 g/mol. The Hall–Kier alpha value is -1.46. The first-order valence-corrected chi connectivity index (χ1v) is 6.23. The highest BCUT2D eigenvalue weighted by Crippen LogP contribution is 2.28. The summed E-state index contributed by atoms with van der Waals surface area (Å²) in [5, 5.41) is 3.78. The summed E-state index contributed by atoms with van der Waals surface area (Å²) >= 11 is 11.6. The van der Waals surface area contributed by atoms with E-state index in [0.717, 1.165) is 0 Å². The van der Waals surface area contributed by atoms with E-state index in [1.165, 1.54) is 7.11 Å². The van der Waals surface area contributed by atoms with Gasteiger partial charge in [-0.25, -0.2) is 4.79 Å². The van der Waals surface area contributed by atoms with Crippen LogP contribution in [0.25, 0.3) is 0 Å². The van der Waals surface area contributed by atoms with Gasteiger partial charge in [0.15, 0.2) is 0 Å². The summed E-state index contributed by atoms with van der Waals surface area (Å²) in [6.45, 7) is 3.81. The molecule has 0 saturated carbocycles. The van der Waals surface area contributed by atoms with E-state index in [9.17, 15) is 4.79 Å². The number of carbonyl (C=O) groups excluding carboxylic acids is 1. The van der Waals surface area contributed by atoms with Crippen molar-refractivity contribution in [3.8, 4) is 5.75 Å². The molecule has 0 saturated heterocycles. The van der Waals surface area contributed by atoms with E-state index in [0.29, 0.717) is 16.5 Å². The lowest BCUT2D eigenvalue weighted by Gasteiger charge is -2.12. The summed E-state index contributed by atoms with van der Waals surface area (Å²) in [6.07, 6.45) is 0.0306. The molecule has 19 heavy (non-hydrogen) atoms. The minimum atomic E-state index is -0.722. The first-order chi connectivity index (χ1) is 8.93. The average Bonchev–Trinajstić information content (AvgIpc) is 2.37. The maximum atomic E-state index is 11.0. The molecule has 0 aliphatic heterocycles. The van der Waals surface area contributed by atoms with Crippen LogP contribution in [0.4, 0.5) is 5.69 Å². The Kier molecular flexibility index (Phi) is 5.92. The van der Waals surface area contributed by atoms with Crippen LogP contribution in [0, 0.1) is 0 Å². The number of anilines is 1. The summed E-state index contributed by atoms with van der Waals surface area (Å²) in [4.78, 5) is 11.0. The zero-order valence-electron chi connectivity index (χ0n) is 10.7. The maximum Gasteiger partial charge on any atom is 0.370 e. The normalized spacial score (nSPS) is 11.4. The second-order valence-corrected chi connectivity index (χ2v) is 4.58. The Balaban J connectivity index is 2.76. The number of halogens is 2. The van der Waals surface area contributed by atoms with Gasteiger partial charge in [-0.3, -0.25) is 5.43 Å². The van der Waals surface area contributed by atoms with E-state index in [1.54, 1.807) is 18.2 Å². The predicted octanol–water partition coefficient (Wildman–Crippen LogP) is 3.26. The van der Waals surface area contributed by atoms with Crippen molar-refractivity contribution < 1.29 is 14.3 Å². The Bertz CT molecular complexity index is 490. The number of hydrogen-bond donors (Lipinski definition) is 1. The van der Waals surface area contributed by atoms with Crippen molar-refractivity contribution in [1.82, 2.24) is 0 Å². The molecule has 1 rings (SSSR count). The van der Waals surface area contributed by atoms with Crippen molar-refractivity contribution in [1.29, 1.82) is 0 Å². The molecule has 0 spiro atoms. The molecule has 0 bridgehead atoms. The second kappa shape index (κ2) is 7.21. The third-order valence-corrected chi connectivity index (χ3v) is 2.47. The number of hydrogen-bond acceptors (Lipinski definition) is 5. The summed E-state index contributed by atoms with van der Waals surface area (Å²) < 4.78 is 9.88. The first kappa shape index (κ1) is 15.6. The largest absolute Gasteiger partial charge is 0.489 e. The highest BCUT2D eigenvalue weighted by Gasteiger charge is 2.08. The minimum absolute atomic E-state index is 0.0306. The number of esters is 1. The van der Waals surface area contributed by atoms with E-state index >= 15 is 0 Å². The first-order valence-electron chi connectivity index (χ1n) is 5.47. The van der Waals surface area contributed by atoms with Crippen molar-refractivity contribution in [3.05, 3.63) is 23.2 Å². The Labute approximate surface area is 121 Å². The molecule has 0 heterocycles. The number of carbonyl (C=O) groups is 1. The summed E-state index contributed by atoms with van der Waals surface area (Å²) in [6, 6.07) is 5.02. The summed E-state index contributed by atoms with van der Waals surface area (Å²) in [7, 11) is 1.22. The van der Waals surface area contributed by atoms with E-state index in [4.69, 9.17) is 27.9 Å². The van der Waals surface area contributed by atoms with Crippen molar-refractivity contribution in [2.24, 2.45) is 5.10 Å². The van der Waals surface area contributed by atoms with Gasteiger partial charge in [0.05, 0.1) is 23.9 Å². The van der Waals surface area contributed by atoms with Crippen LogP contribution in [0.5, 0.6) is 5.75 Å². The van der Waals surface area contributed by atoms with Gasteiger partial charge in [-0.2, -0.15) is 5.10 Å². The highest BCUT2D eigenvalue weighted by molar-refractivity contribution is 6.82. The molecule has 1 N–H and O–H groups in total. The predicted molar refractivity (Wildman–Crippen MR) is 76.1 cm³/mol. The fraction of sp³-hybridized carbons (Fsp3) is 0.333. The topological polar surface area (TPSA) is 59.9 Å². The quantitative estimate of drug-likeness (QED) is 0.515. The molecule has 1 aromatic carbocycles. The molecule has 1 aromatic rings. The van der Waals surface area contributed by atoms with Crippen LogP contribution in [0.3, 0.4) is 0 Å². The fourth-order valence-electron chi connectivity index (χ4n) is 1.16. The molecular weight excluding hydrogens is 291 g/mol. The molecule has 5 nitrogen and oxygen atoms in total. The van der Waals surface area contributed by atoms with Crippen LogP contribution in [-0.2, 0) is 9.53 Å². The zero-order chi connectivity index (χ0) is 14.4. The lowest BCUT2D eigenvalue weighted by molar-refractivity contribution is -0.132. The van der Waals surface area contributed by atoms with Crippen LogP contribution in [-0.4, -0.2) is 24.4 Å². The van der Waals surface area contributed by atoms with Crippen molar-refractivity contribution in [3.63, 3.8) is 0 Å². The highest BCUT2D eigenvalue weighted by atomic mass is 35.5. The third kappa shape index (κ3) is 4.96. The van der Waals surface area contributed by atoms with Crippen molar-refractivity contribution in [2.75, 3.05) is 12.5 Å². The number of benzene rings is 1. The summed E-state index contributed by atoms with van der Waals surface area (Å²) in [5.74, 6) is -0.148. The molecular formula is C12H14Cl2N2O3. The number of methoxy groups -OCH3 is 1. The SMILES string of the molecule is COC(=O)C(Cl)=NNc1ccc(OC(C)C)c(Cl)c1. The second-order valence-electron chi connectivity index (χ2n) is 3.82.